The number of ether oxygens (including phenoxy) is 2. The SMILES string of the molecule is Cc1ccc(C)n1-c1ccc(OCc2ccc(C(=O)N/N=C/c3ccc(OCc4cccc5ccccc45)c([N+](=O)[O-])c3)o2)cc1. The molecule has 1 N–H and O–H groups in total. The summed E-state index contributed by atoms with van der Waals surface area (Å²) in [4.78, 5) is 23.9. The summed E-state index contributed by atoms with van der Waals surface area (Å²) >= 11 is 0. The highest BCUT2D eigenvalue weighted by Crippen LogP contribution is 2.29. The Morgan fingerprint density at radius 2 is 1.65 bits per heavy atom. The number of nitrogens with zero attached hydrogens (tertiary/aromatic N) is 3. The minimum Gasteiger partial charge on any atom is -0.486 e. The van der Waals surface area contributed by atoms with Gasteiger partial charge in [0.2, 0.25) is 0 Å². The molecule has 10 nitrogen and oxygen atoms in total. The third-order valence-electron chi connectivity index (χ3n) is 7.46. The second kappa shape index (κ2) is 13.2. The van der Waals surface area contributed by atoms with Crippen molar-refractivity contribution in [1.82, 2.24) is 9.99 Å². The van der Waals surface area contributed by atoms with Gasteiger partial charge in [-0.05, 0) is 90.8 Å². The van der Waals surface area contributed by atoms with Crippen LogP contribution in [0, 0.1) is 24.0 Å². The van der Waals surface area contributed by atoms with Crippen molar-refractivity contribution in [2.45, 2.75) is 27.1 Å². The van der Waals surface area contributed by atoms with Crippen molar-refractivity contribution in [2.24, 2.45) is 5.10 Å². The zero-order valence-corrected chi connectivity index (χ0v) is 25.2. The van der Waals surface area contributed by atoms with Crippen molar-refractivity contribution in [3.63, 3.8) is 0 Å². The number of benzene rings is 4. The summed E-state index contributed by atoms with van der Waals surface area (Å²) in [6.07, 6.45) is 1.31. The number of aromatic nitrogens is 1. The van der Waals surface area contributed by atoms with Crippen molar-refractivity contribution in [1.29, 1.82) is 0 Å². The molecule has 2 aromatic heterocycles. The van der Waals surface area contributed by atoms with Crippen molar-refractivity contribution in [3.05, 3.63) is 153 Å². The lowest BCUT2D eigenvalue weighted by molar-refractivity contribution is -0.385. The lowest BCUT2D eigenvalue weighted by Gasteiger charge is -2.10. The smallest absolute Gasteiger partial charge is 0.311 e. The van der Waals surface area contributed by atoms with Gasteiger partial charge in [0, 0.05) is 28.7 Å². The van der Waals surface area contributed by atoms with Gasteiger partial charge in [0.15, 0.2) is 11.5 Å². The molecule has 0 aliphatic rings. The first kappa shape index (κ1) is 29.9. The second-order valence-electron chi connectivity index (χ2n) is 10.6. The van der Waals surface area contributed by atoms with E-state index in [1.54, 1.807) is 12.1 Å². The molecule has 1 amide bonds. The normalized spacial score (nSPS) is 11.2. The molecular weight excluding hydrogens is 584 g/mol. The number of carbonyl (C=O) groups excluding carboxylic acids is 1. The largest absolute Gasteiger partial charge is 0.486 e. The zero-order chi connectivity index (χ0) is 32.0. The van der Waals surface area contributed by atoms with E-state index in [0.29, 0.717) is 17.1 Å². The molecule has 2 heterocycles. The summed E-state index contributed by atoms with van der Waals surface area (Å²) < 4.78 is 19.5. The summed E-state index contributed by atoms with van der Waals surface area (Å²) in [6, 6.07) is 33.3. The van der Waals surface area contributed by atoms with Crippen LogP contribution in [0.25, 0.3) is 16.5 Å². The fourth-order valence-electron chi connectivity index (χ4n) is 5.17. The molecule has 0 radical (unpaired) electrons. The van der Waals surface area contributed by atoms with Gasteiger partial charge in [-0.1, -0.05) is 42.5 Å². The summed E-state index contributed by atoms with van der Waals surface area (Å²) in [7, 11) is 0. The number of amides is 1. The van der Waals surface area contributed by atoms with Gasteiger partial charge in [0.05, 0.1) is 11.1 Å². The predicted molar refractivity (Wildman–Crippen MR) is 175 cm³/mol. The molecule has 46 heavy (non-hydrogen) atoms. The Morgan fingerprint density at radius 1 is 0.891 bits per heavy atom. The molecule has 0 atom stereocenters. The lowest BCUT2D eigenvalue weighted by Crippen LogP contribution is -2.16. The number of carbonyl (C=O) groups is 1. The lowest BCUT2D eigenvalue weighted by atomic mass is 10.1. The second-order valence-corrected chi connectivity index (χ2v) is 10.6. The Hall–Kier alpha value is -6.16. The number of fused-ring (bicyclic) bond motifs is 1. The number of rotatable bonds is 11. The maximum absolute atomic E-state index is 12.6. The van der Waals surface area contributed by atoms with E-state index in [2.05, 4.69) is 41.1 Å². The van der Waals surface area contributed by atoms with Crippen LogP contribution in [0.2, 0.25) is 0 Å². The summed E-state index contributed by atoms with van der Waals surface area (Å²) in [5, 5.41) is 17.8. The number of nitro benzene ring substituents is 1. The van der Waals surface area contributed by atoms with E-state index >= 15 is 0 Å². The molecule has 0 bridgehead atoms. The fraction of sp³-hybridized carbons (Fsp3) is 0.111. The Bertz CT molecular complexity index is 2030. The number of nitrogens with one attached hydrogen (secondary N) is 1. The van der Waals surface area contributed by atoms with Crippen LogP contribution < -0.4 is 14.9 Å². The van der Waals surface area contributed by atoms with Gasteiger partial charge in [-0.15, -0.1) is 0 Å². The van der Waals surface area contributed by atoms with Crippen LogP contribution in [-0.2, 0) is 13.2 Å². The van der Waals surface area contributed by atoms with Gasteiger partial charge in [-0.25, -0.2) is 5.43 Å². The Labute approximate surface area is 264 Å². The number of hydrogen-bond donors (Lipinski definition) is 1. The predicted octanol–water partition coefficient (Wildman–Crippen LogP) is 7.67. The topological polar surface area (TPSA) is 121 Å². The molecule has 0 fully saturated rings. The number of hydrogen-bond acceptors (Lipinski definition) is 7. The van der Waals surface area contributed by atoms with Crippen LogP contribution in [-0.4, -0.2) is 21.6 Å². The molecule has 4 aromatic carbocycles. The quantitative estimate of drug-likeness (QED) is 0.0908. The molecule has 0 unspecified atom stereocenters. The zero-order valence-electron chi connectivity index (χ0n) is 25.2. The summed E-state index contributed by atoms with van der Waals surface area (Å²) in [5.74, 6) is 0.732. The van der Waals surface area contributed by atoms with Crippen molar-refractivity contribution in [2.75, 3.05) is 0 Å². The number of nitro groups is 1. The molecule has 0 saturated carbocycles. The third kappa shape index (κ3) is 6.66. The Balaban J connectivity index is 1.03. The Morgan fingerprint density at radius 3 is 2.43 bits per heavy atom. The third-order valence-corrected chi connectivity index (χ3v) is 7.46. The van der Waals surface area contributed by atoms with E-state index in [1.165, 1.54) is 24.4 Å². The summed E-state index contributed by atoms with van der Waals surface area (Å²) in [5.41, 5.74) is 6.83. The standard InChI is InChI=1S/C36H30N4O6/c1-24-10-11-25(2)39(24)29-13-15-30(16-14-29)44-23-31-17-19-35(46-31)36(41)38-37-21-26-12-18-34(33(20-26)40(42)43)45-22-28-8-5-7-27-6-3-4-9-32(27)28/h3-21H,22-23H2,1-2H3,(H,38,41)/b37-21+. The average Bonchev–Trinajstić information content (AvgIpc) is 3.69. The minimum absolute atomic E-state index is 0.0489. The highest BCUT2D eigenvalue weighted by molar-refractivity contribution is 5.92. The first-order valence-electron chi connectivity index (χ1n) is 14.5. The number of hydrazone groups is 1. The van der Waals surface area contributed by atoms with E-state index in [9.17, 15) is 14.9 Å². The van der Waals surface area contributed by atoms with E-state index in [4.69, 9.17) is 13.9 Å². The van der Waals surface area contributed by atoms with Crippen LogP contribution in [0.1, 0.15) is 38.8 Å². The van der Waals surface area contributed by atoms with E-state index in [0.717, 1.165) is 33.4 Å². The van der Waals surface area contributed by atoms with Crippen LogP contribution in [0.5, 0.6) is 11.5 Å². The first-order chi connectivity index (χ1) is 22.4. The van der Waals surface area contributed by atoms with Crippen molar-refractivity contribution in [3.8, 4) is 17.2 Å². The van der Waals surface area contributed by atoms with Gasteiger partial charge < -0.3 is 18.5 Å². The molecule has 0 aliphatic heterocycles. The highest BCUT2D eigenvalue weighted by Gasteiger charge is 2.17. The Kier molecular flexibility index (Phi) is 8.60. The van der Waals surface area contributed by atoms with E-state index in [-0.39, 0.29) is 30.4 Å². The molecule has 6 aromatic rings. The molecule has 0 aliphatic carbocycles. The van der Waals surface area contributed by atoms with Crippen LogP contribution in [0.3, 0.4) is 0 Å². The monoisotopic (exact) mass is 614 g/mol. The first-order valence-corrected chi connectivity index (χ1v) is 14.5. The molecular formula is C36H30N4O6. The number of furan rings is 1. The van der Waals surface area contributed by atoms with E-state index in [1.807, 2.05) is 66.7 Å². The maximum Gasteiger partial charge on any atom is 0.311 e. The van der Waals surface area contributed by atoms with Crippen molar-refractivity contribution >= 4 is 28.6 Å². The van der Waals surface area contributed by atoms with Crippen LogP contribution >= 0.6 is 0 Å². The van der Waals surface area contributed by atoms with Gasteiger partial charge in [0.1, 0.15) is 24.7 Å². The fourth-order valence-corrected chi connectivity index (χ4v) is 5.17. The van der Waals surface area contributed by atoms with Crippen molar-refractivity contribution < 1.29 is 23.6 Å². The van der Waals surface area contributed by atoms with Gasteiger partial charge >= 0.3 is 11.6 Å². The van der Waals surface area contributed by atoms with E-state index < -0.39 is 10.8 Å². The minimum atomic E-state index is -0.575. The highest BCUT2D eigenvalue weighted by atomic mass is 16.6. The molecule has 0 spiro atoms. The summed E-state index contributed by atoms with van der Waals surface area (Å²) in [6.45, 7) is 4.42. The molecule has 6 rings (SSSR count). The molecule has 0 saturated heterocycles. The van der Waals surface area contributed by atoms with Gasteiger partial charge in [0.25, 0.3) is 0 Å². The maximum atomic E-state index is 12.6. The van der Waals surface area contributed by atoms with Gasteiger partial charge in [-0.2, -0.15) is 5.10 Å². The van der Waals surface area contributed by atoms with Crippen LogP contribution in [0.15, 0.2) is 119 Å². The number of aryl methyl sites for hydroxylation is 2. The molecule has 230 valence electrons. The average molecular weight is 615 g/mol. The van der Waals surface area contributed by atoms with Crippen LogP contribution in [0.4, 0.5) is 5.69 Å². The molecule has 10 heteroatoms. The van der Waals surface area contributed by atoms with Gasteiger partial charge in [-0.3, -0.25) is 14.9 Å².